The van der Waals surface area contributed by atoms with Gasteiger partial charge < -0.3 is 10.0 Å². The lowest BCUT2D eigenvalue weighted by Gasteiger charge is -2.32. The molecule has 30 heavy (non-hydrogen) atoms. The van der Waals surface area contributed by atoms with E-state index in [2.05, 4.69) is 0 Å². The number of hydrogen-bond donors (Lipinski definition) is 1. The van der Waals surface area contributed by atoms with E-state index in [0.29, 0.717) is 37.7 Å². The Balaban J connectivity index is 1.48. The molecule has 0 radical (unpaired) electrons. The first-order chi connectivity index (χ1) is 14.4. The Bertz CT molecular complexity index is 1030. The van der Waals surface area contributed by atoms with Gasteiger partial charge in [-0.2, -0.15) is 4.31 Å². The summed E-state index contributed by atoms with van der Waals surface area (Å²) in [6.07, 6.45) is 3.32. The minimum Gasteiger partial charge on any atom is -0.508 e. The second kappa shape index (κ2) is 8.57. The molecule has 2 heterocycles. The number of benzene rings is 2. The van der Waals surface area contributed by atoms with Crippen molar-refractivity contribution in [1.29, 1.82) is 0 Å². The Morgan fingerprint density at radius 3 is 2.23 bits per heavy atom. The van der Waals surface area contributed by atoms with Crippen molar-refractivity contribution in [2.45, 2.75) is 36.5 Å². The predicted molar refractivity (Wildman–Crippen MR) is 115 cm³/mol. The summed E-state index contributed by atoms with van der Waals surface area (Å²) in [4.78, 5) is 14.8. The van der Waals surface area contributed by atoms with E-state index < -0.39 is 10.0 Å². The molecule has 1 amide bonds. The van der Waals surface area contributed by atoms with Crippen LogP contribution in [0.4, 0.5) is 0 Å². The van der Waals surface area contributed by atoms with Crippen molar-refractivity contribution in [2.75, 3.05) is 26.2 Å². The van der Waals surface area contributed by atoms with Gasteiger partial charge in [-0.15, -0.1) is 0 Å². The number of phenols is 1. The third-order valence-corrected chi connectivity index (χ3v) is 8.39. The molecule has 0 unspecified atom stereocenters. The summed E-state index contributed by atoms with van der Waals surface area (Å²) in [5, 5.41) is 9.60. The number of phenolic OH excluding ortho intramolecular Hbond substituents is 1. The Kier molecular flexibility index (Phi) is 6.04. The van der Waals surface area contributed by atoms with Gasteiger partial charge in [-0.1, -0.05) is 23.7 Å². The molecule has 2 aromatic carbocycles. The topological polar surface area (TPSA) is 77.9 Å². The molecule has 1 N–H and O–H groups in total. The normalized spacial score (nSPS) is 18.6. The van der Waals surface area contributed by atoms with Gasteiger partial charge in [-0.25, -0.2) is 8.42 Å². The van der Waals surface area contributed by atoms with Gasteiger partial charge in [0.05, 0.1) is 5.02 Å². The zero-order chi connectivity index (χ0) is 21.3. The number of carbonyl (C=O) groups excluding carboxylic acids is 1. The molecule has 2 aliphatic rings. The molecule has 4 rings (SSSR count). The largest absolute Gasteiger partial charge is 0.508 e. The molecule has 2 aliphatic heterocycles. The van der Waals surface area contributed by atoms with E-state index in [0.717, 1.165) is 31.2 Å². The standard InChI is InChI=1S/C22H25ClN2O4S/c23-20-8-5-18(15-21(20)30(28,29)25-11-1-2-12-25)22(27)24-13-9-17(10-14-24)16-3-6-19(26)7-4-16/h3-8,15,17,26H,1-2,9-14H2. The van der Waals surface area contributed by atoms with Crippen LogP contribution in [0.1, 0.15) is 47.5 Å². The van der Waals surface area contributed by atoms with Crippen molar-refractivity contribution >= 4 is 27.5 Å². The average molecular weight is 449 g/mol. The van der Waals surface area contributed by atoms with Crippen LogP contribution in [0.3, 0.4) is 0 Å². The van der Waals surface area contributed by atoms with E-state index in [1.807, 2.05) is 12.1 Å². The highest BCUT2D eigenvalue weighted by Gasteiger charge is 2.31. The van der Waals surface area contributed by atoms with Gasteiger partial charge >= 0.3 is 0 Å². The van der Waals surface area contributed by atoms with E-state index in [9.17, 15) is 18.3 Å². The fourth-order valence-corrected chi connectivity index (χ4v) is 6.26. The van der Waals surface area contributed by atoms with Crippen molar-refractivity contribution in [3.8, 4) is 5.75 Å². The molecule has 0 spiro atoms. The van der Waals surface area contributed by atoms with Crippen LogP contribution < -0.4 is 0 Å². The minimum atomic E-state index is -3.69. The molecule has 0 saturated carbocycles. The van der Waals surface area contributed by atoms with Crippen LogP contribution in [0.5, 0.6) is 5.75 Å². The Hall–Kier alpha value is -2.09. The maximum Gasteiger partial charge on any atom is 0.253 e. The number of hydrogen-bond acceptors (Lipinski definition) is 4. The molecule has 8 heteroatoms. The molecule has 2 saturated heterocycles. The molecular formula is C22H25ClN2O4S. The number of piperidine rings is 1. The van der Waals surface area contributed by atoms with Crippen molar-refractivity contribution in [2.24, 2.45) is 0 Å². The Morgan fingerprint density at radius 2 is 1.60 bits per heavy atom. The Labute approximate surface area is 182 Å². The number of sulfonamides is 1. The maximum atomic E-state index is 13.0. The zero-order valence-corrected chi connectivity index (χ0v) is 18.2. The summed E-state index contributed by atoms with van der Waals surface area (Å²) in [6.45, 7) is 2.17. The van der Waals surface area contributed by atoms with Crippen LogP contribution in [0, 0.1) is 0 Å². The first-order valence-corrected chi connectivity index (χ1v) is 12.1. The summed E-state index contributed by atoms with van der Waals surface area (Å²) in [5.74, 6) is 0.411. The van der Waals surface area contributed by atoms with E-state index in [-0.39, 0.29) is 21.6 Å². The van der Waals surface area contributed by atoms with Gasteiger partial charge in [-0.05, 0) is 67.5 Å². The summed E-state index contributed by atoms with van der Waals surface area (Å²) in [6, 6.07) is 11.7. The SMILES string of the molecule is O=C(c1ccc(Cl)c(S(=O)(=O)N2CCCC2)c1)N1CCC(c2ccc(O)cc2)CC1. The monoisotopic (exact) mass is 448 g/mol. The van der Waals surface area contributed by atoms with Crippen molar-refractivity contribution in [3.63, 3.8) is 0 Å². The minimum absolute atomic E-state index is 0.0101. The average Bonchev–Trinajstić information content (AvgIpc) is 3.30. The third kappa shape index (κ3) is 4.19. The molecule has 2 aromatic rings. The molecule has 0 aromatic heterocycles. The van der Waals surface area contributed by atoms with Gasteiger partial charge in [0.2, 0.25) is 10.0 Å². The molecule has 6 nitrogen and oxygen atoms in total. The first kappa shape index (κ1) is 21.2. The highest BCUT2D eigenvalue weighted by atomic mass is 35.5. The van der Waals surface area contributed by atoms with Crippen molar-refractivity contribution < 1.29 is 18.3 Å². The van der Waals surface area contributed by atoms with E-state index in [1.54, 1.807) is 23.1 Å². The summed E-state index contributed by atoms with van der Waals surface area (Å²) in [7, 11) is -3.69. The van der Waals surface area contributed by atoms with Crippen LogP contribution in [-0.4, -0.2) is 54.8 Å². The number of carbonyl (C=O) groups is 1. The van der Waals surface area contributed by atoms with Gasteiger partial charge in [0.1, 0.15) is 10.6 Å². The van der Waals surface area contributed by atoms with Gasteiger partial charge in [0.15, 0.2) is 0 Å². The van der Waals surface area contributed by atoms with Crippen LogP contribution in [-0.2, 0) is 10.0 Å². The molecule has 2 fully saturated rings. The molecular weight excluding hydrogens is 424 g/mol. The van der Waals surface area contributed by atoms with Gasteiger partial charge in [0.25, 0.3) is 5.91 Å². The summed E-state index contributed by atoms with van der Waals surface area (Å²) < 4.78 is 27.3. The fourth-order valence-electron chi connectivity index (χ4n) is 4.25. The fraction of sp³-hybridized carbons (Fsp3) is 0.409. The second-order valence-electron chi connectivity index (χ2n) is 7.91. The van der Waals surface area contributed by atoms with Crippen molar-refractivity contribution in [1.82, 2.24) is 9.21 Å². The van der Waals surface area contributed by atoms with E-state index in [1.165, 1.54) is 16.4 Å². The second-order valence-corrected chi connectivity index (χ2v) is 10.2. The summed E-state index contributed by atoms with van der Waals surface area (Å²) >= 11 is 6.20. The van der Waals surface area contributed by atoms with Gasteiger partial charge in [-0.3, -0.25) is 4.79 Å². The van der Waals surface area contributed by atoms with Crippen LogP contribution in [0.2, 0.25) is 5.02 Å². The third-order valence-electron chi connectivity index (χ3n) is 6.01. The van der Waals surface area contributed by atoms with E-state index >= 15 is 0 Å². The first-order valence-electron chi connectivity index (χ1n) is 10.2. The lowest BCUT2D eigenvalue weighted by molar-refractivity contribution is 0.0712. The molecule has 160 valence electrons. The maximum absolute atomic E-state index is 13.0. The summed E-state index contributed by atoms with van der Waals surface area (Å²) in [5.41, 5.74) is 1.51. The lowest BCUT2D eigenvalue weighted by Crippen LogP contribution is -2.38. The highest BCUT2D eigenvalue weighted by Crippen LogP contribution is 2.31. The number of rotatable bonds is 4. The zero-order valence-electron chi connectivity index (χ0n) is 16.6. The quantitative estimate of drug-likeness (QED) is 0.770. The number of halogens is 1. The predicted octanol–water partition coefficient (Wildman–Crippen LogP) is 3.85. The van der Waals surface area contributed by atoms with Crippen LogP contribution in [0.15, 0.2) is 47.4 Å². The Morgan fingerprint density at radius 1 is 0.967 bits per heavy atom. The molecule has 0 bridgehead atoms. The molecule has 0 aliphatic carbocycles. The number of amides is 1. The van der Waals surface area contributed by atoms with Gasteiger partial charge in [0, 0.05) is 31.7 Å². The number of nitrogens with zero attached hydrogens (tertiary/aromatic N) is 2. The smallest absolute Gasteiger partial charge is 0.253 e. The number of aromatic hydroxyl groups is 1. The van der Waals surface area contributed by atoms with Crippen LogP contribution >= 0.6 is 11.6 Å². The van der Waals surface area contributed by atoms with E-state index in [4.69, 9.17) is 11.6 Å². The highest BCUT2D eigenvalue weighted by molar-refractivity contribution is 7.89. The van der Waals surface area contributed by atoms with Crippen molar-refractivity contribution in [3.05, 3.63) is 58.6 Å². The molecule has 0 atom stereocenters. The lowest BCUT2D eigenvalue weighted by atomic mass is 9.89. The number of likely N-dealkylation sites (tertiary alicyclic amines) is 1. The van der Waals surface area contributed by atoms with Crippen LogP contribution in [0.25, 0.3) is 0 Å².